The van der Waals surface area contributed by atoms with E-state index in [1.807, 2.05) is 18.2 Å². The summed E-state index contributed by atoms with van der Waals surface area (Å²) in [4.78, 5) is 4.06. The number of nitrogens with zero attached hydrogens (tertiary/aromatic N) is 2. The number of benzene rings is 1. The smallest absolute Gasteiger partial charge is 0.188 e. The van der Waals surface area contributed by atoms with Crippen molar-refractivity contribution in [3.8, 4) is 0 Å². The molecule has 1 heterocycles. The van der Waals surface area contributed by atoms with Crippen LogP contribution in [-0.2, 0) is 6.54 Å². The SMILES string of the molecule is C[C@@H](NCc1ccnc(/C(N)=N/O)c1)c1cccc(Br)c1. The van der Waals surface area contributed by atoms with Crippen LogP contribution in [0.4, 0.5) is 0 Å². The maximum absolute atomic E-state index is 8.67. The minimum Gasteiger partial charge on any atom is -0.409 e. The fourth-order valence-electron chi connectivity index (χ4n) is 1.94. The molecule has 1 atom stereocenters. The normalized spacial score (nSPS) is 13.1. The number of nitrogens with one attached hydrogen (secondary N) is 1. The number of rotatable bonds is 5. The summed E-state index contributed by atoms with van der Waals surface area (Å²) in [6.07, 6.45) is 1.65. The van der Waals surface area contributed by atoms with Gasteiger partial charge in [-0.2, -0.15) is 0 Å². The van der Waals surface area contributed by atoms with Gasteiger partial charge < -0.3 is 16.3 Å². The molecule has 2 aromatic rings. The Kier molecular flexibility index (Phi) is 5.30. The predicted octanol–water partition coefficient (Wildman–Crippen LogP) is 2.79. The summed E-state index contributed by atoms with van der Waals surface area (Å²) >= 11 is 3.47. The molecule has 0 saturated heterocycles. The molecule has 0 unspecified atom stereocenters. The van der Waals surface area contributed by atoms with E-state index in [0.717, 1.165) is 10.0 Å². The van der Waals surface area contributed by atoms with Crippen molar-refractivity contribution in [3.63, 3.8) is 0 Å². The van der Waals surface area contributed by atoms with E-state index >= 15 is 0 Å². The number of oxime groups is 1. The lowest BCUT2D eigenvalue weighted by atomic mass is 10.1. The second-order valence-corrected chi connectivity index (χ2v) is 5.61. The average molecular weight is 349 g/mol. The minimum absolute atomic E-state index is 0.0110. The fourth-order valence-corrected chi connectivity index (χ4v) is 2.36. The molecular formula is C15H17BrN4O. The second kappa shape index (κ2) is 7.19. The Balaban J connectivity index is 2.03. The molecule has 21 heavy (non-hydrogen) atoms. The van der Waals surface area contributed by atoms with E-state index in [9.17, 15) is 0 Å². The molecule has 4 N–H and O–H groups in total. The Morgan fingerprint density at radius 2 is 2.24 bits per heavy atom. The number of amidine groups is 1. The molecular weight excluding hydrogens is 332 g/mol. The minimum atomic E-state index is 0.0110. The molecule has 0 saturated carbocycles. The van der Waals surface area contributed by atoms with Crippen LogP contribution in [0.15, 0.2) is 52.2 Å². The van der Waals surface area contributed by atoms with Gasteiger partial charge in [-0.1, -0.05) is 33.2 Å². The maximum atomic E-state index is 8.67. The van der Waals surface area contributed by atoms with Crippen LogP contribution in [0.1, 0.15) is 29.8 Å². The molecule has 6 heteroatoms. The Labute approximate surface area is 132 Å². The van der Waals surface area contributed by atoms with E-state index in [2.05, 4.69) is 50.4 Å². The molecule has 1 aromatic heterocycles. The summed E-state index contributed by atoms with van der Waals surface area (Å²) in [6.45, 7) is 2.77. The lowest BCUT2D eigenvalue weighted by Gasteiger charge is -2.15. The Bertz CT molecular complexity index is 645. The monoisotopic (exact) mass is 348 g/mol. The lowest BCUT2D eigenvalue weighted by Crippen LogP contribution is -2.19. The summed E-state index contributed by atoms with van der Waals surface area (Å²) in [5.41, 5.74) is 8.23. The number of nitrogens with two attached hydrogens (primary N) is 1. The van der Waals surface area contributed by atoms with Gasteiger partial charge in [0.15, 0.2) is 5.84 Å². The van der Waals surface area contributed by atoms with Crippen LogP contribution >= 0.6 is 15.9 Å². The predicted molar refractivity (Wildman–Crippen MR) is 86.1 cm³/mol. The number of pyridine rings is 1. The summed E-state index contributed by atoms with van der Waals surface area (Å²) in [5, 5.41) is 15.1. The molecule has 0 radical (unpaired) electrons. The Hall–Kier alpha value is -1.92. The van der Waals surface area contributed by atoms with Crippen LogP contribution in [0.2, 0.25) is 0 Å². The van der Waals surface area contributed by atoms with Crippen molar-refractivity contribution in [3.05, 3.63) is 63.9 Å². The molecule has 0 amide bonds. The zero-order valence-corrected chi connectivity index (χ0v) is 13.2. The van der Waals surface area contributed by atoms with Gasteiger partial charge in [0.25, 0.3) is 0 Å². The average Bonchev–Trinajstić information content (AvgIpc) is 2.52. The van der Waals surface area contributed by atoms with Crippen LogP contribution in [0.3, 0.4) is 0 Å². The third-order valence-corrected chi connectivity index (χ3v) is 3.65. The molecule has 2 rings (SSSR count). The zero-order valence-electron chi connectivity index (χ0n) is 11.6. The van der Waals surface area contributed by atoms with Gasteiger partial charge in [-0.05, 0) is 42.3 Å². The first kappa shape index (κ1) is 15.5. The Morgan fingerprint density at radius 3 is 2.95 bits per heavy atom. The van der Waals surface area contributed by atoms with Crippen LogP contribution < -0.4 is 11.1 Å². The van der Waals surface area contributed by atoms with E-state index in [1.165, 1.54) is 5.56 Å². The third-order valence-electron chi connectivity index (χ3n) is 3.16. The quantitative estimate of drug-likeness (QED) is 0.335. The van der Waals surface area contributed by atoms with Crippen molar-refractivity contribution < 1.29 is 5.21 Å². The van der Waals surface area contributed by atoms with Gasteiger partial charge >= 0.3 is 0 Å². The standard InChI is InChI=1S/C15H17BrN4O/c1-10(12-3-2-4-13(16)8-12)19-9-11-5-6-18-14(7-11)15(17)20-21/h2-8,10,19,21H,9H2,1H3,(H2,17,20)/t10-/m1/s1. The first-order valence-corrected chi connectivity index (χ1v) is 7.31. The van der Waals surface area contributed by atoms with Gasteiger partial charge in [-0.25, -0.2) is 0 Å². The van der Waals surface area contributed by atoms with Gasteiger partial charge in [0, 0.05) is 23.3 Å². The van der Waals surface area contributed by atoms with Crippen molar-refractivity contribution in [2.24, 2.45) is 10.9 Å². The summed E-state index contributed by atoms with van der Waals surface area (Å²) in [5.74, 6) is 0.0110. The second-order valence-electron chi connectivity index (χ2n) is 4.69. The van der Waals surface area contributed by atoms with E-state index in [1.54, 1.807) is 12.3 Å². The highest BCUT2D eigenvalue weighted by Gasteiger charge is 2.07. The zero-order chi connectivity index (χ0) is 15.2. The molecule has 0 fully saturated rings. The van der Waals surface area contributed by atoms with Crippen molar-refractivity contribution in [1.82, 2.24) is 10.3 Å². The van der Waals surface area contributed by atoms with E-state index in [0.29, 0.717) is 12.2 Å². The molecule has 0 aliphatic carbocycles. The third kappa shape index (κ3) is 4.27. The van der Waals surface area contributed by atoms with Crippen molar-refractivity contribution in [2.75, 3.05) is 0 Å². The van der Waals surface area contributed by atoms with Crippen molar-refractivity contribution >= 4 is 21.8 Å². The molecule has 0 bridgehead atoms. The molecule has 1 aromatic carbocycles. The Morgan fingerprint density at radius 1 is 1.43 bits per heavy atom. The fraction of sp³-hybridized carbons (Fsp3) is 0.200. The number of hydrogen-bond acceptors (Lipinski definition) is 4. The molecule has 0 spiro atoms. The van der Waals surface area contributed by atoms with Crippen LogP contribution in [0.5, 0.6) is 0 Å². The molecule has 5 nitrogen and oxygen atoms in total. The largest absolute Gasteiger partial charge is 0.409 e. The first-order valence-electron chi connectivity index (χ1n) is 6.52. The molecule has 0 aliphatic heterocycles. The summed E-state index contributed by atoms with van der Waals surface area (Å²) in [7, 11) is 0. The van der Waals surface area contributed by atoms with Crippen LogP contribution in [-0.4, -0.2) is 16.0 Å². The van der Waals surface area contributed by atoms with Crippen molar-refractivity contribution in [2.45, 2.75) is 19.5 Å². The van der Waals surface area contributed by atoms with Crippen molar-refractivity contribution in [1.29, 1.82) is 0 Å². The highest BCUT2D eigenvalue weighted by Crippen LogP contribution is 2.18. The molecule has 0 aliphatic rings. The van der Waals surface area contributed by atoms with E-state index in [-0.39, 0.29) is 11.9 Å². The highest BCUT2D eigenvalue weighted by atomic mass is 79.9. The molecule has 110 valence electrons. The number of halogens is 1. The maximum Gasteiger partial charge on any atom is 0.188 e. The number of aromatic nitrogens is 1. The van der Waals surface area contributed by atoms with E-state index < -0.39 is 0 Å². The highest BCUT2D eigenvalue weighted by molar-refractivity contribution is 9.10. The first-order chi connectivity index (χ1) is 10.1. The summed E-state index contributed by atoms with van der Waals surface area (Å²) < 4.78 is 1.06. The van der Waals surface area contributed by atoms with Gasteiger partial charge in [-0.15, -0.1) is 0 Å². The van der Waals surface area contributed by atoms with Crippen LogP contribution in [0.25, 0.3) is 0 Å². The van der Waals surface area contributed by atoms with Gasteiger partial charge in [0.1, 0.15) is 5.69 Å². The van der Waals surface area contributed by atoms with Crippen LogP contribution in [0, 0.1) is 0 Å². The van der Waals surface area contributed by atoms with Gasteiger partial charge in [0.05, 0.1) is 0 Å². The van der Waals surface area contributed by atoms with E-state index in [4.69, 9.17) is 10.9 Å². The van der Waals surface area contributed by atoms with Gasteiger partial charge in [-0.3, -0.25) is 4.98 Å². The summed E-state index contributed by atoms with van der Waals surface area (Å²) in [6, 6.07) is 12.1. The van der Waals surface area contributed by atoms with Gasteiger partial charge in [0.2, 0.25) is 0 Å². The number of hydrogen-bond donors (Lipinski definition) is 3. The lowest BCUT2D eigenvalue weighted by molar-refractivity contribution is 0.318. The topological polar surface area (TPSA) is 83.5 Å².